The van der Waals surface area contributed by atoms with Crippen LogP contribution in [0.5, 0.6) is 0 Å². The van der Waals surface area contributed by atoms with Crippen LogP contribution in [0.25, 0.3) is 12.3 Å². The van der Waals surface area contributed by atoms with Gasteiger partial charge in [0.2, 0.25) is 0 Å². The molecule has 0 fully saturated rings. The molecule has 0 rings (SSSR count). The molecule has 0 saturated heterocycles. The largest absolute Gasteiger partial charge is 3.00 e. The van der Waals surface area contributed by atoms with Crippen molar-refractivity contribution in [2.45, 2.75) is 0 Å². The van der Waals surface area contributed by atoms with Crippen molar-refractivity contribution in [3.05, 3.63) is 12.3 Å². The first-order chi connectivity index (χ1) is 0. The monoisotopic (exact) mass is 82.0 g/mol. The fourth-order valence-corrected chi connectivity index (χ4v) is 0. The van der Waals surface area contributed by atoms with Gasteiger partial charge < -0.3 is 12.3 Å². The zero-order valence-corrected chi connectivity index (χ0v) is 4.36. The quantitative estimate of drug-likeness (QED) is 0.364. The molecule has 0 aromatic heterocycles. The zero-order valence-electron chi connectivity index (χ0n) is 2.05. The Morgan fingerprint density at radius 1 is 0.500 bits per heavy atom. The maximum Gasteiger partial charge on any atom is 3.00 e. The van der Waals surface area contributed by atoms with Crippen molar-refractivity contribution in [2.24, 2.45) is 0 Å². The number of hydrogen-bond acceptors (Lipinski definition) is 0. The first-order valence-electron chi connectivity index (χ1n) is 0. The van der Waals surface area contributed by atoms with E-state index < -0.39 is 0 Å². The van der Waals surface area contributed by atoms with Crippen molar-refractivity contribution < 1.29 is 0 Å². The Morgan fingerprint density at radius 3 is 0.500 bits per heavy atom. The van der Waals surface area contributed by atoms with Crippen molar-refractivity contribution in [3.8, 4) is 0 Å². The van der Waals surface area contributed by atoms with Gasteiger partial charge in [-0.3, -0.25) is 0 Å². The average molecular weight is 82.0 g/mol. The van der Waals surface area contributed by atoms with Crippen LogP contribution in [-0.2, 0) is 0 Å². The fraction of sp³-hybridized carbons (Fsp3) is 0. The van der Waals surface area contributed by atoms with Gasteiger partial charge in [-0.1, -0.05) is 0 Å². The van der Waals surface area contributed by atoms with Gasteiger partial charge >= 0.3 is 34.7 Å². The third-order valence-corrected chi connectivity index (χ3v) is 0. The van der Waals surface area contributed by atoms with Crippen LogP contribution in [0.3, 0.4) is 0 Å². The topological polar surface area (TPSA) is 61.0 Å². The van der Waals surface area contributed by atoms with Crippen molar-refractivity contribution in [1.82, 2.24) is 0 Å². The van der Waals surface area contributed by atoms with Gasteiger partial charge in [-0.05, 0) is 0 Å². The molecule has 4 heteroatoms. The molecule has 0 aliphatic heterocycles. The predicted molar refractivity (Wildman–Crippen MR) is 18.2 cm³/mol. The van der Waals surface area contributed by atoms with Crippen LogP contribution in [0.4, 0.5) is 0 Å². The van der Waals surface area contributed by atoms with E-state index in [4.69, 9.17) is 0 Å². The summed E-state index contributed by atoms with van der Waals surface area (Å²) in [4.78, 5) is 0. The van der Waals surface area contributed by atoms with Gasteiger partial charge in [-0.2, -0.15) is 0 Å². The van der Waals surface area contributed by atoms with Gasteiger partial charge in [-0.25, -0.2) is 0 Å². The summed E-state index contributed by atoms with van der Waals surface area (Å²) < 4.78 is 0. The molecule has 0 N–H and O–H groups in total. The third-order valence-electron chi connectivity index (χ3n) is 0. The Bertz CT molecular complexity index is 4.00. The second kappa shape index (κ2) is 36.6. The minimum absolute atomic E-state index is 0. The molecule has 0 aliphatic carbocycles. The van der Waals surface area contributed by atoms with E-state index in [1.54, 1.807) is 0 Å². The second-order valence-electron chi connectivity index (χ2n) is 0. The molecule has 0 spiro atoms. The van der Waals surface area contributed by atoms with Crippen LogP contribution in [0.2, 0.25) is 0 Å². The van der Waals surface area contributed by atoms with Gasteiger partial charge in [0.05, 0.1) is 0 Å². The Balaban J connectivity index is 0. The molecule has 16 valence electrons. The Labute approximate surface area is 47.4 Å². The molecule has 0 bridgehead atoms. The molecule has 4 heavy (non-hydrogen) atoms. The molecule has 2 nitrogen and oxygen atoms in total. The molecule has 0 atom stereocenters. The van der Waals surface area contributed by atoms with Crippen molar-refractivity contribution in [3.63, 3.8) is 0 Å². The van der Waals surface area contributed by atoms with Gasteiger partial charge in [0, 0.05) is 0 Å². The number of hydrogen-bond donors (Lipinski definition) is 0. The average Bonchev–Trinajstić information content (AvgIpc) is 0. The summed E-state index contributed by atoms with van der Waals surface area (Å²) in [5.74, 6) is 0. The minimum atomic E-state index is 0. The van der Waals surface area contributed by atoms with Crippen LogP contribution in [0, 0.1) is 0 Å². The molecular weight excluding hydrogens is 82.0 g/mol. The van der Waals surface area contributed by atoms with Gasteiger partial charge in [0.15, 0.2) is 0 Å². The minimum Gasteiger partial charge on any atom is -3.00 e. The third kappa shape index (κ3) is 12.1. The number of rotatable bonds is 0. The van der Waals surface area contributed by atoms with Gasteiger partial charge in [-0.15, -0.1) is 0 Å². The molecule has 0 amide bonds. The second-order valence-corrected chi connectivity index (χ2v) is 0. The predicted octanol–water partition coefficient (Wildman–Crippen LogP) is -0.184. The SMILES string of the molecule is [Al+3].[Al+3].[N-3].[N-3]. The fourth-order valence-electron chi connectivity index (χ4n) is 0. The Hall–Kier alpha value is 0.985. The number of nitrogens with zero attached hydrogens (tertiary/aromatic N) is 2. The standard InChI is InChI=1S/2Al.2N/q2*+3;2*-3. The summed E-state index contributed by atoms with van der Waals surface area (Å²) in [6, 6.07) is 0. The van der Waals surface area contributed by atoms with E-state index in [1.807, 2.05) is 0 Å². The molecule has 0 aromatic carbocycles. The molecular formula is Al2N2. The molecule has 0 heterocycles. The molecule has 0 saturated carbocycles. The van der Waals surface area contributed by atoms with Crippen LogP contribution in [-0.4, -0.2) is 34.7 Å². The van der Waals surface area contributed by atoms with Crippen molar-refractivity contribution in [2.75, 3.05) is 0 Å². The van der Waals surface area contributed by atoms with Crippen LogP contribution in [0.1, 0.15) is 0 Å². The summed E-state index contributed by atoms with van der Waals surface area (Å²) >= 11 is 0. The smallest absolute Gasteiger partial charge is 3.00 e. The van der Waals surface area contributed by atoms with Crippen molar-refractivity contribution in [1.29, 1.82) is 0 Å². The van der Waals surface area contributed by atoms with Crippen LogP contribution < -0.4 is 0 Å². The Morgan fingerprint density at radius 2 is 0.500 bits per heavy atom. The van der Waals surface area contributed by atoms with E-state index in [2.05, 4.69) is 0 Å². The summed E-state index contributed by atoms with van der Waals surface area (Å²) in [7, 11) is 0. The molecule has 0 aliphatic rings. The molecule has 0 radical (unpaired) electrons. The normalized spacial score (nSPS) is 0. The summed E-state index contributed by atoms with van der Waals surface area (Å²) in [5.41, 5.74) is 0. The molecule has 0 unspecified atom stereocenters. The maximum absolute atomic E-state index is 0. The summed E-state index contributed by atoms with van der Waals surface area (Å²) in [6.45, 7) is 0. The molecule has 0 aromatic rings. The van der Waals surface area contributed by atoms with E-state index in [0.717, 1.165) is 0 Å². The van der Waals surface area contributed by atoms with E-state index in [1.165, 1.54) is 0 Å². The first-order valence-corrected chi connectivity index (χ1v) is 0. The van der Waals surface area contributed by atoms with E-state index in [0.29, 0.717) is 0 Å². The summed E-state index contributed by atoms with van der Waals surface area (Å²) in [6.07, 6.45) is 0. The Kier molecular flexibility index (Phi) is 747. The summed E-state index contributed by atoms with van der Waals surface area (Å²) in [5, 5.41) is 0. The maximum atomic E-state index is 0. The van der Waals surface area contributed by atoms with Crippen molar-refractivity contribution >= 4 is 34.7 Å². The first kappa shape index (κ1) is 81.6. The van der Waals surface area contributed by atoms with Gasteiger partial charge in [0.1, 0.15) is 0 Å². The van der Waals surface area contributed by atoms with Crippen LogP contribution in [0.15, 0.2) is 0 Å². The van der Waals surface area contributed by atoms with E-state index >= 15 is 0 Å². The van der Waals surface area contributed by atoms with E-state index in [-0.39, 0.29) is 47.0 Å². The van der Waals surface area contributed by atoms with E-state index in [9.17, 15) is 0 Å². The zero-order chi connectivity index (χ0) is 0. The van der Waals surface area contributed by atoms with Gasteiger partial charge in [0.25, 0.3) is 0 Å². The van der Waals surface area contributed by atoms with Crippen LogP contribution >= 0.6 is 0 Å².